The molecule has 0 aromatic carbocycles. The first-order valence-electron chi connectivity index (χ1n) is 9.01. The smallest absolute Gasteiger partial charge is 0.147 e. The molecule has 24 heavy (non-hydrogen) atoms. The maximum Gasteiger partial charge on any atom is 0.147 e. The highest BCUT2D eigenvalue weighted by atomic mass is 127. The van der Waals surface area contributed by atoms with Crippen LogP contribution in [-0.4, -0.2) is 34.7 Å². The van der Waals surface area contributed by atoms with E-state index in [0.717, 1.165) is 25.7 Å². The average Bonchev–Trinajstić information content (AvgIpc) is 2.60. The van der Waals surface area contributed by atoms with Gasteiger partial charge in [0.2, 0.25) is 0 Å². The zero-order valence-electron chi connectivity index (χ0n) is 15.4. The molecular weight excluding hydrogens is 409 g/mol. The first-order valence-corrected chi connectivity index (χ1v) is 10.3. The van der Waals surface area contributed by atoms with E-state index in [0.29, 0.717) is 22.2 Å². The zero-order chi connectivity index (χ0) is 17.7. The number of carbonyl (C=O) groups is 1. The van der Waals surface area contributed by atoms with E-state index >= 15 is 0 Å². The van der Waals surface area contributed by atoms with E-state index < -0.39 is 5.41 Å². The summed E-state index contributed by atoms with van der Waals surface area (Å²) in [5.41, 5.74) is 2.04. The summed E-state index contributed by atoms with van der Waals surface area (Å²) in [4.78, 5) is 15.6. The molecule has 2 rings (SSSR count). The van der Waals surface area contributed by atoms with E-state index in [-0.39, 0.29) is 0 Å². The SMILES string of the molecule is CCC(=O)C(CC(C)N(C)C)(C1=CCCC=C1)C1=CC=CCC1I. The fraction of sp³-hybridized carbons (Fsp3) is 0.571. The quantitative estimate of drug-likeness (QED) is 0.399. The lowest BCUT2D eigenvalue weighted by molar-refractivity contribution is -0.125. The summed E-state index contributed by atoms with van der Waals surface area (Å²) in [5, 5.41) is 0. The van der Waals surface area contributed by atoms with Gasteiger partial charge in [0.25, 0.3) is 0 Å². The molecule has 0 amide bonds. The molecule has 3 heteroatoms. The average molecular weight is 439 g/mol. The van der Waals surface area contributed by atoms with Gasteiger partial charge in [-0.1, -0.05) is 66.0 Å². The van der Waals surface area contributed by atoms with Crippen molar-refractivity contribution in [3.05, 3.63) is 47.6 Å². The number of hydrogen-bond donors (Lipinski definition) is 0. The monoisotopic (exact) mass is 439 g/mol. The largest absolute Gasteiger partial charge is 0.307 e. The minimum Gasteiger partial charge on any atom is -0.307 e. The van der Waals surface area contributed by atoms with Crippen LogP contribution in [0.1, 0.15) is 46.0 Å². The van der Waals surface area contributed by atoms with Crippen LogP contribution in [0, 0.1) is 5.41 Å². The number of carbonyl (C=O) groups excluding carboxylic acids is 1. The summed E-state index contributed by atoms with van der Waals surface area (Å²) in [5.74, 6) is 0.359. The predicted molar refractivity (Wildman–Crippen MR) is 112 cm³/mol. The highest BCUT2D eigenvalue weighted by Gasteiger charge is 2.46. The second-order valence-corrected chi connectivity index (χ2v) is 8.60. The standard InChI is InChI=1S/C21H30INO/c1-5-20(24)21(15-16(2)23(3)4,17-11-7-6-8-12-17)18-13-9-10-14-19(18)22/h7,9-13,16,19H,5-6,8,14-15H2,1-4H3. The van der Waals surface area contributed by atoms with Gasteiger partial charge in [-0.05, 0) is 57.8 Å². The summed E-state index contributed by atoms with van der Waals surface area (Å²) in [6.07, 6.45) is 17.9. The van der Waals surface area contributed by atoms with Crippen molar-refractivity contribution >= 4 is 28.4 Å². The van der Waals surface area contributed by atoms with Crippen molar-refractivity contribution in [2.24, 2.45) is 5.41 Å². The number of allylic oxidation sites excluding steroid dienone is 8. The van der Waals surface area contributed by atoms with E-state index in [4.69, 9.17) is 0 Å². The molecule has 2 aliphatic rings. The molecule has 3 unspecified atom stereocenters. The molecule has 0 heterocycles. The van der Waals surface area contributed by atoms with Crippen molar-refractivity contribution < 1.29 is 4.79 Å². The fourth-order valence-electron chi connectivity index (χ4n) is 3.71. The summed E-state index contributed by atoms with van der Waals surface area (Å²) in [6.45, 7) is 4.23. The van der Waals surface area contributed by atoms with Crippen molar-refractivity contribution in [3.63, 3.8) is 0 Å². The molecule has 0 aliphatic heterocycles. The maximum absolute atomic E-state index is 13.4. The van der Waals surface area contributed by atoms with Crippen LogP contribution >= 0.6 is 22.6 Å². The van der Waals surface area contributed by atoms with Crippen molar-refractivity contribution in [1.29, 1.82) is 0 Å². The first-order chi connectivity index (χ1) is 11.4. The van der Waals surface area contributed by atoms with Crippen LogP contribution in [0.5, 0.6) is 0 Å². The minimum atomic E-state index is -0.480. The van der Waals surface area contributed by atoms with Crippen molar-refractivity contribution in [3.8, 4) is 0 Å². The second-order valence-electron chi connectivity index (χ2n) is 7.09. The van der Waals surface area contributed by atoms with Crippen LogP contribution in [0.4, 0.5) is 0 Å². The Labute approximate surface area is 160 Å². The molecule has 0 N–H and O–H groups in total. The summed E-state index contributed by atoms with van der Waals surface area (Å²) < 4.78 is 0.383. The van der Waals surface area contributed by atoms with E-state index in [1.807, 2.05) is 6.92 Å². The summed E-state index contributed by atoms with van der Waals surface area (Å²) in [7, 11) is 4.21. The highest BCUT2D eigenvalue weighted by Crippen LogP contribution is 2.48. The first kappa shape index (κ1) is 19.6. The lowest BCUT2D eigenvalue weighted by Gasteiger charge is -2.42. The minimum absolute atomic E-state index is 0.340. The van der Waals surface area contributed by atoms with Crippen molar-refractivity contribution in [2.75, 3.05) is 14.1 Å². The Kier molecular flexibility index (Phi) is 7.05. The molecule has 0 fully saturated rings. The molecular formula is C21H30INO. The third-order valence-corrected chi connectivity index (χ3v) is 6.53. The molecule has 0 aromatic heterocycles. The molecule has 132 valence electrons. The molecule has 2 nitrogen and oxygen atoms in total. The van der Waals surface area contributed by atoms with Gasteiger partial charge in [-0.25, -0.2) is 0 Å². The predicted octanol–water partition coefficient (Wildman–Crippen LogP) is 5.26. The second kappa shape index (κ2) is 8.61. The Morgan fingerprint density at radius 2 is 2.12 bits per heavy atom. The zero-order valence-corrected chi connectivity index (χ0v) is 17.5. The van der Waals surface area contributed by atoms with Gasteiger partial charge in [0.05, 0.1) is 5.41 Å². The van der Waals surface area contributed by atoms with E-state index in [9.17, 15) is 4.79 Å². The number of Topliss-reactive ketones (excluding diaryl/α,β-unsaturated/α-hetero) is 1. The van der Waals surface area contributed by atoms with E-state index in [1.165, 1.54) is 11.1 Å². The van der Waals surface area contributed by atoms with Crippen LogP contribution in [0.15, 0.2) is 47.6 Å². The number of nitrogens with zero attached hydrogens (tertiary/aromatic N) is 1. The van der Waals surface area contributed by atoms with Gasteiger partial charge < -0.3 is 4.90 Å². The van der Waals surface area contributed by atoms with E-state index in [2.05, 4.69) is 85.0 Å². The Morgan fingerprint density at radius 1 is 1.38 bits per heavy atom. The van der Waals surface area contributed by atoms with E-state index in [1.54, 1.807) is 0 Å². The van der Waals surface area contributed by atoms with Crippen LogP contribution in [0.3, 0.4) is 0 Å². The van der Waals surface area contributed by atoms with Gasteiger partial charge in [0.15, 0.2) is 0 Å². The number of alkyl halides is 1. The lowest BCUT2D eigenvalue weighted by Crippen LogP contribution is -2.43. The van der Waals surface area contributed by atoms with Gasteiger partial charge in [-0.15, -0.1) is 0 Å². The third-order valence-electron chi connectivity index (χ3n) is 5.35. The van der Waals surface area contributed by atoms with Gasteiger partial charge in [-0.3, -0.25) is 4.79 Å². The number of hydrogen-bond acceptors (Lipinski definition) is 2. The van der Waals surface area contributed by atoms with Crippen LogP contribution < -0.4 is 0 Å². The molecule has 2 aliphatic carbocycles. The van der Waals surface area contributed by atoms with Crippen LogP contribution in [0.2, 0.25) is 0 Å². The van der Waals surface area contributed by atoms with Crippen molar-refractivity contribution in [1.82, 2.24) is 4.90 Å². The Hall–Kier alpha value is -0.680. The molecule has 0 aromatic rings. The van der Waals surface area contributed by atoms with Gasteiger partial charge in [0, 0.05) is 16.4 Å². The number of rotatable bonds is 7. The molecule has 3 atom stereocenters. The Bertz CT molecular complexity index is 585. The maximum atomic E-state index is 13.4. The molecule has 0 saturated carbocycles. The molecule has 0 spiro atoms. The van der Waals surface area contributed by atoms with Gasteiger partial charge in [0.1, 0.15) is 5.78 Å². The van der Waals surface area contributed by atoms with Gasteiger partial charge in [-0.2, -0.15) is 0 Å². The molecule has 0 bridgehead atoms. The number of halogens is 1. The summed E-state index contributed by atoms with van der Waals surface area (Å²) in [6, 6.07) is 0.340. The highest BCUT2D eigenvalue weighted by molar-refractivity contribution is 14.1. The topological polar surface area (TPSA) is 20.3 Å². The normalized spacial score (nSPS) is 24.3. The van der Waals surface area contributed by atoms with Crippen LogP contribution in [-0.2, 0) is 4.79 Å². The lowest BCUT2D eigenvalue weighted by atomic mass is 9.63. The molecule has 0 saturated heterocycles. The van der Waals surface area contributed by atoms with Gasteiger partial charge >= 0.3 is 0 Å². The fourth-order valence-corrected chi connectivity index (χ4v) is 4.74. The van der Waals surface area contributed by atoms with Crippen LogP contribution in [0.25, 0.3) is 0 Å². The summed E-state index contributed by atoms with van der Waals surface area (Å²) >= 11 is 2.52. The third kappa shape index (κ3) is 3.93. The number of ketones is 1. The van der Waals surface area contributed by atoms with Crippen molar-refractivity contribution in [2.45, 2.75) is 55.9 Å². The Morgan fingerprint density at radius 3 is 2.67 bits per heavy atom. The Balaban J connectivity index is 2.61. The molecule has 0 radical (unpaired) electrons.